The summed E-state index contributed by atoms with van der Waals surface area (Å²) in [5.74, 6) is 0.480. The minimum Gasteiger partial charge on any atom is -0.490 e. The third-order valence-corrected chi connectivity index (χ3v) is 7.97. The molecule has 2 N–H and O–H groups in total. The molecule has 0 radical (unpaired) electrons. The summed E-state index contributed by atoms with van der Waals surface area (Å²) in [4.78, 5) is 26.2. The molecule has 2 aromatic rings. The van der Waals surface area contributed by atoms with Gasteiger partial charge in [-0.1, -0.05) is 12.1 Å². The van der Waals surface area contributed by atoms with Crippen molar-refractivity contribution in [3.05, 3.63) is 48.0 Å². The monoisotopic (exact) mass is 485 g/mol. The van der Waals surface area contributed by atoms with Crippen molar-refractivity contribution in [2.24, 2.45) is 11.8 Å². The number of hydrogen-bond donors (Lipinski definition) is 2. The van der Waals surface area contributed by atoms with Gasteiger partial charge in [0.1, 0.15) is 12.4 Å². The molecule has 2 aromatic carbocycles. The van der Waals surface area contributed by atoms with Crippen molar-refractivity contribution in [3.8, 4) is 5.75 Å². The van der Waals surface area contributed by atoms with Gasteiger partial charge in [0.25, 0.3) is 0 Å². The van der Waals surface area contributed by atoms with E-state index in [2.05, 4.69) is 10.0 Å². The first kappa shape index (κ1) is 24.2. The number of amides is 2. The van der Waals surface area contributed by atoms with Gasteiger partial charge >= 0.3 is 0 Å². The highest BCUT2D eigenvalue weighted by Crippen LogP contribution is 2.34. The number of aryl methyl sites for hydroxylation is 1. The molecule has 0 atom stereocenters. The number of nitrogens with zero attached hydrogens (tertiary/aromatic N) is 1. The number of sulfonamides is 1. The molecule has 4 rings (SSSR count). The summed E-state index contributed by atoms with van der Waals surface area (Å²) in [6.45, 7) is 4.52. The summed E-state index contributed by atoms with van der Waals surface area (Å²) in [6.07, 6.45) is 3.02. The zero-order valence-corrected chi connectivity index (χ0v) is 20.4. The molecule has 0 bridgehead atoms. The Balaban J connectivity index is 1.31. The number of carbonyl (C=O) groups excluding carboxylic acids is 2. The first-order valence-electron chi connectivity index (χ1n) is 11.6. The smallest absolute Gasteiger partial charge is 0.240 e. The quantitative estimate of drug-likeness (QED) is 0.652. The van der Waals surface area contributed by atoms with Crippen LogP contribution in [0.15, 0.2) is 47.4 Å². The third-order valence-electron chi connectivity index (χ3n) is 6.55. The van der Waals surface area contributed by atoms with E-state index in [1.807, 2.05) is 31.2 Å². The fourth-order valence-electron chi connectivity index (χ4n) is 4.60. The van der Waals surface area contributed by atoms with Gasteiger partial charge in [-0.05, 0) is 74.4 Å². The second-order valence-corrected chi connectivity index (χ2v) is 10.8. The molecule has 0 spiro atoms. The zero-order valence-electron chi connectivity index (χ0n) is 19.5. The minimum atomic E-state index is -3.74. The van der Waals surface area contributed by atoms with Crippen LogP contribution in [0, 0.1) is 18.8 Å². The molecule has 1 aliphatic carbocycles. The lowest BCUT2D eigenvalue weighted by atomic mass is 9.81. The van der Waals surface area contributed by atoms with E-state index < -0.39 is 10.0 Å². The van der Waals surface area contributed by atoms with Gasteiger partial charge in [0.05, 0.1) is 17.1 Å². The number of fused-ring (bicyclic) bond motifs is 1. The normalized spacial score (nSPS) is 20.2. The largest absolute Gasteiger partial charge is 0.490 e. The number of hydrogen-bond acceptors (Lipinski definition) is 5. The molecule has 9 heteroatoms. The fourth-order valence-corrected chi connectivity index (χ4v) is 5.73. The van der Waals surface area contributed by atoms with E-state index in [0.717, 1.165) is 36.9 Å². The molecular weight excluding hydrogens is 454 g/mol. The Morgan fingerprint density at radius 1 is 1.09 bits per heavy atom. The summed E-state index contributed by atoms with van der Waals surface area (Å²) in [5, 5.41) is 2.99. The number of nitrogens with one attached hydrogen (secondary N) is 2. The average Bonchev–Trinajstić information content (AvgIpc) is 2.82. The molecule has 34 heavy (non-hydrogen) atoms. The summed E-state index contributed by atoms with van der Waals surface area (Å²) in [6, 6.07) is 12.3. The molecule has 1 aliphatic heterocycles. The summed E-state index contributed by atoms with van der Waals surface area (Å²) < 4.78 is 34.1. The van der Waals surface area contributed by atoms with E-state index in [9.17, 15) is 18.0 Å². The van der Waals surface area contributed by atoms with Crippen LogP contribution in [0.25, 0.3) is 0 Å². The van der Waals surface area contributed by atoms with Crippen molar-refractivity contribution in [1.82, 2.24) is 4.72 Å². The van der Waals surface area contributed by atoms with Gasteiger partial charge in [-0.2, -0.15) is 0 Å². The molecule has 0 aromatic heterocycles. The van der Waals surface area contributed by atoms with Crippen LogP contribution in [0.5, 0.6) is 5.75 Å². The Kier molecular flexibility index (Phi) is 7.23. The maximum atomic E-state index is 12.9. The lowest BCUT2D eigenvalue weighted by Crippen LogP contribution is -2.37. The number of rotatable bonds is 6. The maximum absolute atomic E-state index is 12.9. The van der Waals surface area contributed by atoms with Gasteiger partial charge in [-0.15, -0.1) is 0 Å². The van der Waals surface area contributed by atoms with Crippen molar-refractivity contribution in [2.45, 2.75) is 44.4 Å². The third kappa shape index (κ3) is 5.59. The molecule has 2 amide bonds. The van der Waals surface area contributed by atoms with Crippen LogP contribution in [0.3, 0.4) is 0 Å². The molecule has 0 saturated heterocycles. The highest BCUT2D eigenvalue weighted by Gasteiger charge is 2.28. The summed E-state index contributed by atoms with van der Waals surface area (Å²) >= 11 is 0. The van der Waals surface area contributed by atoms with E-state index in [0.29, 0.717) is 31.1 Å². The van der Waals surface area contributed by atoms with Crippen molar-refractivity contribution in [3.63, 3.8) is 0 Å². The first-order valence-corrected chi connectivity index (χ1v) is 13.1. The van der Waals surface area contributed by atoms with Crippen LogP contribution < -0.4 is 19.7 Å². The van der Waals surface area contributed by atoms with Crippen LogP contribution in [-0.4, -0.2) is 39.9 Å². The van der Waals surface area contributed by atoms with E-state index in [4.69, 9.17) is 4.74 Å². The Morgan fingerprint density at radius 2 is 1.85 bits per heavy atom. The lowest BCUT2D eigenvalue weighted by Gasteiger charge is -2.29. The van der Waals surface area contributed by atoms with Gasteiger partial charge in [-0.3, -0.25) is 9.59 Å². The predicted octanol–water partition coefficient (Wildman–Crippen LogP) is 3.46. The molecule has 0 unspecified atom stereocenters. The van der Waals surface area contributed by atoms with Crippen LogP contribution in [0.2, 0.25) is 0 Å². The van der Waals surface area contributed by atoms with Crippen LogP contribution in [0.1, 0.15) is 38.2 Å². The highest BCUT2D eigenvalue weighted by atomic mass is 32.2. The average molecular weight is 486 g/mol. The van der Waals surface area contributed by atoms with Gasteiger partial charge in [0, 0.05) is 25.1 Å². The molecule has 1 heterocycles. The SMILES string of the molecule is CC(=O)N1CCOc2ccc(S(=O)(=O)NCC3CCC(C(=O)Nc4cccc(C)c4)CC3)cc21. The molecule has 182 valence electrons. The molecule has 1 saturated carbocycles. The van der Waals surface area contributed by atoms with Crippen LogP contribution in [-0.2, 0) is 19.6 Å². The molecule has 8 nitrogen and oxygen atoms in total. The van der Waals surface area contributed by atoms with Crippen molar-refractivity contribution >= 4 is 33.2 Å². The lowest BCUT2D eigenvalue weighted by molar-refractivity contribution is -0.121. The topological polar surface area (TPSA) is 105 Å². The van der Waals surface area contributed by atoms with E-state index in [-0.39, 0.29) is 28.5 Å². The Bertz CT molecular complexity index is 1170. The Hall–Kier alpha value is -2.91. The van der Waals surface area contributed by atoms with Gasteiger partial charge < -0.3 is 15.0 Å². The first-order chi connectivity index (χ1) is 16.2. The molecule has 2 aliphatic rings. The minimum absolute atomic E-state index is 0.0240. The zero-order chi connectivity index (χ0) is 24.3. The van der Waals surface area contributed by atoms with Crippen molar-refractivity contribution < 1.29 is 22.7 Å². The molecular formula is C25H31N3O5S. The van der Waals surface area contributed by atoms with E-state index in [1.54, 1.807) is 6.07 Å². The Labute approximate surface area is 200 Å². The number of ether oxygens (including phenoxy) is 1. The number of anilines is 2. The maximum Gasteiger partial charge on any atom is 0.240 e. The van der Waals surface area contributed by atoms with E-state index in [1.165, 1.54) is 24.0 Å². The number of benzene rings is 2. The standard InChI is InChI=1S/C25H31N3O5S/c1-17-4-3-5-21(14-17)27-25(30)20-8-6-19(7-9-20)16-26-34(31,32)22-10-11-24-23(15-22)28(18(2)29)12-13-33-24/h3-5,10-11,14-15,19-20,26H,6-9,12-13,16H2,1-2H3,(H,27,30). The van der Waals surface area contributed by atoms with Gasteiger partial charge in [0.2, 0.25) is 21.8 Å². The van der Waals surface area contributed by atoms with Crippen molar-refractivity contribution in [2.75, 3.05) is 29.9 Å². The van der Waals surface area contributed by atoms with Gasteiger partial charge in [-0.25, -0.2) is 13.1 Å². The highest BCUT2D eigenvalue weighted by molar-refractivity contribution is 7.89. The van der Waals surface area contributed by atoms with E-state index >= 15 is 0 Å². The second kappa shape index (κ2) is 10.1. The fraction of sp³-hybridized carbons (Fsp3) is 0.440. The van der Waals surface area contributed by atoms with Crippen LogP contribution >= 0.6 is 0 Å². The summed E-state index contributed by atoms with van der Waals surface area (Å²) in [5.41, 5.74) is 2.37. The second-order valence-electron chi connectivity index (χ2n) is 9.08. The predicted molar refractivity (Wildman–Crippen MR) is 130 cm³/mol. The number of carbonyl (C=O) groups is 2. The van der Waals surface area contributed by atoms with Crippen molar-refractivity contribution in [1.29, 1.82) is 0 Å². The van der Waals surface area contributed by atoms with Gasteiger partial charge in [0.15, 0.2) is 0 Å². The van der Waals surface area contributed by atoms with Crippen LogP contribution in [0.4, 0.5) is 11.4 Å². The summed E-state index contributed by atoms with van der Waals surface area (Å²) in [7, 11) is -3.74. The molecule has 1 fully saturated rings. The Morgan fingerprint density at radius 3 is 2.56 bits per heavy atom.